The first kappa shape index (κ1) is 16.2. The van der Waals surface area contributed by atoms with Crippen molar-refractivity contribution in [2.75, 3.05) is 11.9 Å². The predicted octanol–water partition coefficient (Wildman–Crippen LogP) is -0.680. The Hall–Kier alpha value is -3.21. The molecule has 1 heterocycles. The number of nitro benzene ring substituents is 1. The third-order valence-corrected chi connectivity index (χ3v) is 3.50. The minimum atomic E-state index is -1.91. The van der Waals surface area contributed by atoms with Gasteiger partial charge in [0.1, 0.15) is 0 Å². The van der Waals surface area contributed by atoms with E-state index < -0.39 is 33.4 Å². The average Bonchev–Trinajstić information content (AvgIpc) is 2.46. The van der Waals surface area contributed by atoms with Gasteiger partial charge in [0.25, 0.3) is 5.69 Å². The van der Waals surface area contributed by atoms with E-state index in [9.17, 15) is 29.6 Å². The Bertz CT molecular complexity index is 928. The summed E-state index contributed by atoms with van der Waals surface area (Å²) in [6.07, 6.45) is 0. The highest BCUT2D eigenvalue weighted by atomic mass is 16.6. The molecule has 0 spiro atoms. The quantitative estimate of drug-likeness (QED) is 0.247. The zero-order chi connectivity index (χ0) is 17.5. The molecule has 11 nitrogen and oxygen atoms in total. The number of nitrogens with zero attached hydrogens (tertiary/aromatic N) is 2. The van der Waals surface area contributed by atoms with Crippen molar-refractivity contribution in [2.24, 2.45) is 5.73 Å². The molecule has 2 aromatic rings. The fourth-order valence-electron chi connectivity index (χ4n) is 1.95. The maximum atomic E-state index is 11.5. The number of anilines is 1. The maximum Gasteiger partial charge on any atom is 0.344 e. The van der Waals surface area contributed by atoms with Crippen LogP contribution in [-0.2, 0) is 4.79 Å². The first-order chi connectivity index (χ1) is 10.6. The number of hydrogen-bond acceptors (Lipinski definition) is 7. The topological polar surface area (TPSA) is 175 Å². The van der Waals surface area contributed by atoms with Crippen LogP contribution >= 0.6 is 0 Å². The lowest BCUT2D eigenvalue weighted by Crippen LogP contribution is -2.58. The second kappa shape index (κ2) is 5.21. The molecule has 122 valence electrons. The summed E-state index contributed by atoms with van der Waals surface area (Å²) in [6, 6.07) is 2.11. The molecule has 0 saturated heterocycles. The average molecular weight is 323 g/mol. The van der Waals surface area contributed by atoms with E-state index in [0.717, 1.165) is 17.0 Å². The SMILES string of the molecule is CN(c1cc([N+](=O)[O-])cc2[nH]c(=O)c(=O)[nH]c12)C(C)(N)C(=O)O. The van der Waals surface area contributed by atoms with Gasteiger partial charge < -0.3 is 20.0 Å². The Morgan fingerprint density at radius 2 is 1.91 bits per heavy atom. The van der Waals surface area contributed by atoms with Crippen LogP contribution in [0.1, 0.15) is 6.92 Å². The summed E-state index contributed by atoms with van der Waals surface area (Å²) in [7, 11) is 1.30. The molecular formula is C12H13N5O6. The fraction of sp³-hybridized carbons (Fsp3) is 0.250. The van der Waals surface area contributed by atoms with Crippen molar-refractivity contribution >= 4 is 28.4 Å². The molecule has 23 heavy (non-hydrogen) atoms. The van der Waals surface area contributed by atoms with Gasteiger partial charge in [-0.15, -0.1) is 0 Å². The highest BCUT2D eigenvalue weighted by molar-refractivity contribution is 5.93. The van der Waals surface area contributed by atoms with E-state index in [4.69, 9.17) is 5.73 Å². The predicted molar refractivity (Wildman–Crippen MR) is 80.5 cm³/mol. The number of likely N-dealkylation sites (N-methyl/N-ethyl adjacent to an activating group) is 1. The summed E-state index contributed by atoms with van der Waals surface area (Å²) in [4.78, 5) is 50.0. The van der Waals surface area contributed by atoms with Gasteiger partial charge in [-0.05, 0) is 6.92 Å². The molecule has 1 aromatic carbocycles. The van der Waals surface area contributed by atoms with Crippen molar-refractivity contribution in [1.82, 2.24) is 9.97 Å². The van der Waals surface area contributed by atoms with Crippen molar-refractivity contribution < 1.29 is 14.8 Å². The van der Waals surface area contributed by atoms with Crippen LogP contribution in [0.15, 0.2) is 21.7 Å². The van der Waals surface area contributed by atoms with E-state index in [0.29, 0.717) is 0 Å². The minimum absolute atomic E-state index is 0.0186. The van der Waals surface area contributed by atoms with Crippen molar-refractivity contribution in [3.05, 3.63) is 43.0 Å². The monoisotopic (exact) mass is 323 g/mol. The van der Waals surface area contributed by atoms with Crippen LogP contribution in [0.25, 0.3) is 11.0 Å². The number of hydrogen-bond donors (Lipinski definition) is 4. The standard InChI is InChI=1S/C12H13N5O6/c1-12(13,11(20)21)16(2)7-4-5(17(22)23)3-6-8(7)15-10(19)9(18)14-6/h3-4H,13H2,1-2H3,(H,14,18)(H,15,19)(H,20,21). The summed E-state index contributed by atoms with van der Waals surface area (Å²) in [6.45, 7) is 1.18. The second-order valence-electron chi connectivity index (χ2n) is 5.06. The van der Waals surface area contributed by atoms with E-state index in [1.165, 1.54) is 14.0 Å². The van der Waals surface area contributed by atoms with Gasteiger partial charge in [-0.3, -0.25) is 25.4 Å². The number of nitrogens with one attached hydrogen (secondary N) is 2. The highest BCUT2D eigenvalue weighted by Gasteiger charge is 2.35. The lowest BCUT2D eigenvalue weighted by atomic mass is 10.1. The molecule has 0 bridgehead atoms. The smallest absolute Gasteiger partial charge is 0.344 e. The van der Waals surface area contributed by atoms with Crippen molar-refractivity contribution in [1.29, 1.82) is 0 Å². The minimum Gasteiger partial charge on any atom is -0.478 e. The molecule has 5 N–H and O–H groups in total. The fourth-order valence-corrected chi connectivity index (χ4v) is 1.95. The third-order valence-electron chi connectivity index (χ3n) is 3.50. The number of fused-ring (bicyclic) bond motifs is 1. The molecule has 11 heteroatoms. The van der Waals surface area contributed by atoms with Gasteiger partial charge >= 0.3 is 17.1 Å². The summed E-state index contributed by atoms with van der Waals surface area (Å²) >= 11 is 0. The van der Waals surface area contributed by atoms with Gasteiger partial charge in [-0.1, -0.05) is 0 Å². The Kier molecular flexibility index (Phi) is 3.66. The second-order valence-corrected chi connectivity index (χ2v) is 5.06. The van der Waals surface area contributed by atoms with Crippen molar-refractivity contribution in [3.8, 4) is 0 Å². The number of benzene rings is 1. The molecule has 0 aliphatic rings. The van der Waals surface area contributed by atoms with Gasteiger partial charge in [0.15, 0.2) is 5.66 Å². The van der Waals surface area contributed by atoms with E-state index in [1.54, 1.807) is 0 Å². The number of carboxylic acids is 1. The summed E-state index contributed by atoms with van der Waals surface area (Å²) < 4.78 is 0. The van der Waals surface area contributed by atoms with E-state index in [-0.39, 0.29) is 16.7 Å². The number of non-ortho nitro benzene ring substituents is 1. The van der Waals surface area contributed by atoms with Gasteiger partial charge in [-0.25, -0.2) is 4.79 Å². The molecule has 0 saturated carbocycles. The number of H-pyrrole nitrogens is 2. The normalized spacial score (nSPS) is 13.5. The molecule has 1 aromatic heterocycles. The van der Waals surface area contributed by atoms with Gasteiger partial charge in [0.05, 0.1) is 21.6 Å². The summed E-state index contributed by atoms with van der Waals surface area (Å²) in [5.41, 5.74) is 1.43. The zero-order valence-corrected chi connectivity index (χ0v) is 12.1. The largest absolute Gasteiger partial charge is 0.478 e. The Labute approximate surface area is 127 Å². The summed E-state index contributed by atoms with van der Waals surface area (Å²) in [5, 5.41) is 20.2. The van der Waals surface area contributed by atoms with E-state index in [1.807, 2.05) is 0 Å². The zero-order valence-electron chi connectivity index (χ0n) is 12.1. The van der Waals surface area contributed by atoms with Gasteiger partial charge in [0.2, 0.25) is 0 Å². The number of rotatable bonds is 4. The molecule has 0 amide bonds. The molecule has 0 fully saturated rings. The molecular weight excluding hydrogens is 310 g/mol. The van der Waals surface area contributed by atoms with E-state index in [2.05, 4.69) is 9.97 Å². The van der Waals surface area contributed by atoms with Gasteiger partial charge in [0, 0.05) is 19.2 Å². The number of nitrogens with two attached hydrogens (primary N) is 1. The van der Waals surface area contributed by atoms with Crippen LogP contribution in [-0.4, -0.2) is 38.7 Å². The van der Waals surface area contributed by atoms with Gasteiger partial charge in [-0.2, -0.15) is 0 Å². The molecule has 1 atom stereocenters. The Morgan fingerprint density at radius 1 is 1.35 bits per heavy atom. The van der Waals surface area contributed by atoms with Crippen LogP contribution in [0, 0.1) is 10.1 Å². The molecule has 0 aliphatic heterocycles. The molecule has 0 radical (unpaired) electrons. The molecule has 0 aliphatic carbocycles. The highest BCUT2D eigenvalue weighted by Crippen LogP contribution is 2.30. The van der Waals surface area contributed by atoms with E-state index >= 15 is 0 Å². The van der Waals surface area contributed by atoms with Crippen LogP contribution in [0.5, 0.6) is 0 Å². The van der Waals surface area contributed by atoms with Crippen LogP contribution in [0.3, 0.4) is 0 Å². The number of aromatic nitrogens is 2. The van der Waals surface area contributed by atoms with Crippen molar-refractivity contribution in [3.63, 3.8) is 0 Å². The number of carboxylic acid groups (broad SMARTS) is 1. The number of nitro groups is 1. The third kappa shape index (κ3) is 2.64. The first-order valence-electron chi connectivity index (χ1n) is 6.26. The molecule has 2 rings (SSSR count). The van der Waals surface area contributed by atoms with Crippen LogP contribution in [0.2, 0.25) is 0 Å². The van der Waals surface area contributed by atoms with Crippen LogP contribution in [0.4, 0.5) is 11.4 Å². The van der Waals surface area contributed by atoms with Crippen LogP contribution < -0.4 is 21.8 Å². The van der Waals surface area contributed by atoms with Crippen molar-refractivity contribution in [2.45, 2.75) is 12.6 Å². The lowest BCUT2D eigenvalue weighted by molar-refractivity contribution is -0.384. The Morgan fingerprint density at radius 3 is 2.43 bits per heavy atom. The Balaban J connectivity index is 2.87. The number of aromatic amines is 2. The lowest BCUT2D eigenvalue weighted by Gasteiger charge is -2.33. The first-order valence-corrected chi connectivity index (χ1v) is 6.26. The molecule has 1 unspecified atom stereocenters. The number of aliphatic carboxylic acids is 1. The maximum absolute atomic E-state index is 11.5. The summed E-state index contributed by atoms with van der Waals surface area (Å²) in [5.74, 6) is -1.38. The number of carbonyl (C=O) groups is 1.